The Hall–Kier alpha value is -1.62. The monoisotopic (exact) mass is 238 g/mol. The van der Waals surface area contributed by atoms with Gasteiger partial charge in [0, 0.05) is 11.8 Å². The van der Waals surface area contributed by atoms with Gasteiger partial charge in [-0.15, -0.1) is 0 Å². The number of Topliss-reactive ketones (excluding diaryl/α,β-unsaturated/α-hetero) is 1. The molecule has 3 N–H and O–H groups in total. The first-order chi connectivity index (χ1) is 7.95. The first-order valence-corrected chi connectivity index (χ1v) is 5.56. The summed E-state index contributed by atoms with van der Waals surface area (Å²) in [7, 11) is 0. The molecular weight excluding hydrogens is 220 g/mol. The van der Waals surface area contributed by atoms with Crippen molar-refractivity contribution in [2.24, 2.45) is 5.92 Å². The van der Waals surface area contributed by atoms with Crippen LogP contribution in [0.3, 0.4) is 0 Å². The molecular formula is C12H18N2O3. The fourth-order valence-corrected chi connectivity index (χ4v) is 1.40. The molecule has 1 amide bonds. The molecule has 5 heteroatoms. The third-order valence-corrected chi connectivity index (χ3v) is 2.65. The average Bonchev–Trinajstić information content (AvgIpc) is 2.74. The quantitative estimate of drug-likeness (QED) is 0.668. The largest absolute Gasteiger partial charge is 0.394 e. The third-order valence-electron chi connectivity index (χ3n) is 2.65. The molecule has 1 rings (SSSR count). The number of carbonyl (C=O) groups excluding carboxylic acids is 2. The lowest BCUT2D eigenvalue weighted by molar-refractivity contribution is 0.0892. The van der Waals surface area contributed by atoms with E-state index in [2.05, 4.69) is 10.3 Å². The molecule has 0 spiro atoms. The summed E-state index contributed by atoms with van der Waals surface area (Å²) in [5, 5.41) is 11.8. The van der Waals surface area contributed by atoms with Gasteiger partial charge in [-0.05, 0) is 18.9 Å². The van der Waals surface area contributed by atoms with Gasteiger partial charge in [-0.1, -0.05) is 13.8 Å². The number of hydrogen-bond acceptors (Lipinski definition) is 3. The highest BCUT2D eigenvalue weighted by atomic mass is 16.3. The highest BCUT2D eigenvalue weighted by Crippen LogP contribution is 2.06. The molecule has 1 atom stereocenters. The van der Waals surface area contributed by atoms with Gasteiger partial charge < -0.3 is 15.4 Å². The molecule has 0 radical (unpaired) electrons. The molecule has 0 bridgehead atoms. The second-order valence-electron chi connectivity index (χ2n) is 4.36. The molecule has 1 unspecified atom stereocenters. The van der Waals surface area contributed by atoms with Crippen molar-refractivity contribution >= 4 is 11.7 Å². The lowest BCUT2D eigenvalue weighted by Gasteiger charge is -2.19. The summed E-state index contributed by atoms with van der Waals surface area (Å²) in [6.45, 7) is 5.16. The van der Waals surface area contributed by atoms with E-state index in [0.717, 1.165) is 0 Å². The normalized spacial score (nSPS) is 12.5. The number of H-pyrrole nitrogens is 1. The van der Waals surface area contributed by atoms with E-state index in [0.29, 0.717) is 11.3 Å². The SMILES string of the molecule is CC(=O)c1c[nH]c(C(=O)NC(CO)C(C)C)c1. The number of amides is 1. The van der Waals surface area contributed by atoms with Crippen LogP contribution in [0, 0.1) is 5.92 Å². The number of carbonyl (C=O) groups is 2. The second-order valence-corrected chi connectivity index (χ2v) is 4.36. The van der Waals surface area contributed by atoms with Crippen LogP contribution >= 0.6 is 0 Å². The summed E-state index contributed by atoms with van der Waals surface area (Å²) in [5.41, 5.74) is 0.801. The van der Waals surface area contributed by atoms with Gasteiger partial charge in [-0.3, -0.25) is 9.59 Å². The minimum absolute atomic E-state index is 0.0946. The molecule has 0 aliphatic rings. The highest BCUT2D eigenvalue weighted by molar-refractivity contribution is 5.99. The summed E-state index contributed by atoms with van der Waals surface area (Å²) in [5.74, 6) is -0.265. The standard InChI is InChI=1S/C12H18N2O3/c1-7(2)11(6-15)14-12(17)10-4-9(5-13-10)8(3)16/h4-5,7,11,13,15H,6H2,1-3H3,(H,14,17). The predicted molar refractivity (Wildman–Crippen MR) is 64.0 cm³/mol. The van der Waals surface area contributed by atoms with E-state index >= 15 is 0 Å². The van der Waals surface area contributed by atoms with Gasteiger partial charge in [0.05, 0.1) is 12.6 Å². The molecule has 1 aromatic heterocycles. The smallest absolute Gasteiger partial charge is 0.268 e. The molecule has 0 fully saturated rings. The van der Waals surface area contributed by atoms with Crippen LogP contribution in [-0.2, 0) is 0 Å². The van der Waals surface area contributed by atoms with E-state index in [9.17, 15) is 9.59 Å². The van der Waals surface area contributed by atoms with Gasteiger partial charge in [0.25, 0.3) is 5.91 Å². The number of ketones is 1. The molecule has 94 valence electrons. The summed E-state index contributed by atoms with van der Waals surface area (Å²) < 4.78 is 0. The Kier molecular flexibility index (Phi) is 4.45. The summed E-state index contributed by atoms with van der Waals surface area (Å²) in [6.07, 6.45) is 1.50. The Morgan fingerprint density at radius 1 is 1.47 bits per heavy atom. The van der Waals surface area contributed by atoms with Crippen LogP contribution < -0.4 is 5.32 Å². The maximum absolute atomic E-state index is 11.8. The number of aliphatic hydroxyl groups is 1. The minimum atomic E-state index is -0.315. The van der Waals surface area contributed by atoms with Crippen LogP contribution in [0.5, 0.6) is 0 Å². The van der Waals surface area contributed by atoms with Gasteiger partial charge >= 0.3 is 0 Å². The first-order valence-electron chi connectivity index (χ1n) is 5.56. The fourth-order valence-electron chi connectivity index (χ4n) is 1.40. The zero-order valence-electron chi connectivity index (χ0n) is 10.3. The number of rotatable bonds is 5. The van der Waals surface area contributed by atoms with Crippen LogP contribution in [0.15, 0.2) is 12.3 Å². The zero-order valence-corrected chi connectivity index (χ0v) is 10.3. The van der Waals surface area contributed by atoms with E-state index in [1.54, 1.807) is 0 Å². The Morgan fingerprint density at radius 3 is 2.53 bits per heavy atom. The zero-order chi connectivity index (χ0) is 13.0. The Morgan fingerprint density at radius 2 is 2.12 bits per heavy atom. The van der Waals surface area contributed by atoms with Crippen molar-refractivity contribution in [1.29, 1.82) is 0 Å². The first kappa shape index (κ1) is 13.4. The van der Waals surface area contributed by atoms with Crippen LogP contribution in [0.1, 0.15) is 41.6 Å². The Bertz CT molecular complexity index is 410. The minimum Gasteiger partial charge on any atom is -0.394 e. The summed E-state index contributed by atoms with van der Waals surface area (Å²) in [6, 6.07) is 1.22. The number of hydrogen-bond donors (Lipinski definition) is 3. The third kappa shape index (κ3) is 3.42. The van der Waals surface area contributed by atoms with Crippen molar-refractivity contribution in [2.75, 3.05) is 6.61 Å². The van der Waals surface area contributed by atoms with Gasteiger partial charge in [0.2, 0.25) is 0 Å². The number of aliphatic hydroxyl groups excluding tert-OH is 1. The topological polar surface area (TPSA) is 82.2 Å². The molecule has 17 heavy (non-hydrogen) atoms. The van der Waals surface area contributed by atoms with Gasteiger partial charge in [-0.25, -0.2) is 0 Å². The van der Waals surface area contributed by atoms with Crippen LogP contribution in [0.4, 0.5) is 0 Å². The number of aromatic amines is 1. The van der Waals surface area contributed by atoms with E-state index in [1.807, 2.05) is 13.8 Å². The maximum Gasteiger partial charge on any atom is 0.268 e. The van der Waals surface area contributed by atoms with Crippen molar-refractivity contribution in [3.63, 3.8) is 0 Å². The van der Waals surface area contributed by atoms with E-state index in [1.165, 1.54) is 19.2 Å². The van der Waals surface area contributed by atoms with Crippen molar-refractivity contribution in [2.45, 2.75) is 26.8 Å². The average molecular weight is 238 g/mol. The predicted octanol–water partition coefficient (Wildman–Crippen LogP) is 0.964. The molecule has 0 aromatic carbocycles. The lowest BCUT2D eigenvalue weighted by atomic mass is 10.1. The molecule has 0 saturated carbocycles. The second kappa shape index (κ2) is 5.63. The molecule has 5 nitrogen and oxygen atoms in total. The van der Waals surface area contributed by atoms with Gasteiger partial charge in [-0.2, -0.15) is 0 Å². The van der Waals surface area contributed by atoms with Crippen molar-refractivity contribution < 1.29 is 14.7 Å². The summed E-state index contributed by atoms with van der Waals surface area (Å²) in [4.78, 5) is 25.6. The van der Waals surface area contributed by atoms with E-state index in [-0.39, 0.29) is 30.3 Å². The van der Waals surface area contributed by atoms with Crippen LogP contribution in [0.25, 0.3) is 0 Å². The number of nitrogens with one attached hydrogen (secondary N) is 2. The number of aromatic nitrogens is 1. The van der Waals surface area contributed by atoms with Crippen molar-refractivity contribution in [3.05, 3.63) is 23.5 Å². The summed E-state index contributed by atoms with van der Waals surface area (Å²) >= 11 is 0. The molecule has 0 aliphatic heterocycles. The van der Waals surface area contributed by atoms with E-state index < -0.39 is 0 Å². The maximum atomic E-state index is 11.8. The van der Waals surface area contributed by atoms with Gasteiger partial charge in [0.15, 0.2) is 5.78 Å². The Balaban J connectivity index is 2.72. The molecule has 0 aliphatic carbocycles. The van der Waals surface area contributed by atoms with E-state index in [4.69, 9.17) is 5.11 Å². The lowest BCUT2D eigenvalue weighted by Crippen LogP contribution is -2.41. The molecule has 1 heterocycles. The van der Waals surface area contributed by atoms with Gasteiger partial charge in [0.1, 0.15) is 5.69 Å². The van der Waals surface area contributed by atoms with Crippen LogP contribution in [-0.4, -0.2) is 34.4 Å². The van der Waals surface area contributed by atoms with Crippen molar-refractivity contribution in [3.8, 4) is 0 Å². The molecule has 0 saturated heterocycles. The highest BCUT2D eigenvalue weighted by Gasteiger charge is 2.17. The fraction of sp³-hybridized carbons (Fsp3) is 0.500. The van der Waals surface area contributed by atoms with Crippen molar-refractivity contribution in [1.82, 2.24) is 10.3 Å². The van der Waals surface area contributed by atoms with Crippen LogP contribution in [0.2, 0.25) is 0 Å². The molecule has 1 aromatic rings. The Labute approximate surface area is 100 Å².